The number of nitrogens with one attached hydrogen (secondary N) is 1. The fourth-order valence-corrected chi connectivity index (χ4v) is 1.45. The van der Waals surface area contributed by atoms with Gasteiger partial charge < -0.3 is 15.8 Å². The third-order valence-corrected chi connectivity index (χ3v) is 2.48. The van der Waals surface area contributed by atoms with E-state index in [0.29, 0.717) is 29.8 Å². The lowest BCUT2D eigenvalue weighted by molar-refractivity contribution is 0.397. The Morgan fingerprint density at radius 1 is 1.56 bits per heavy atom. The van der Waals surface area contributed by atoms with Crippen molar-refractivity contribution >= 4 is 11.5 Å². The third-order valence-electron chi connectivity index (χ3n) is 2.48. The molecular formula is C11H16N4O. The number of methoxy groups -OCH3 is 1. The van der Waals surface area contributed by atoms with E-state index in [0.717, 1.165) is 18.7 Å². The van der Waals surface area contributed by atoms with Crippen LogP contribution in [0.15, 0.2) is 12.7 Å². The highest BCUT2D eigenvalue weighted by atomic mass is 16.5. The maximum absolute atomic E-state index is 5.88. The van der Waals surface area contributed by atoms with Crippen LogP contribution in [0.4, 0.5) is 11.5 Å². The molecular weight excluding hydrogens is 204 g/mol. The number of hydrogen-bond donors (Lipinski definition) is 2. The molecule has 1 aromatic heterocycles. The first-order chi connectivity index (χ1) is 7.76. The molecule has 0 saturated heterocycles. The number of nitrogen functional groups attached to an aromatic ring is 1. The Labute approximate surface area is 94.7 Å². The van der Waals surface area contributed by atoms with Gasteiger partial charge in [0.1, 0.15) is 11.5 Å². The van der Waals surface area contributed by atoms with Crippen molar-refractivity contribution in [3.8, 4) is 5.88 Å². The standard InChI is InChI=1S/C11H16N4O/c1-3-6-13-10-8(12)11(16-2)15-9(14-10)7-4-5-7/h3,7H,1,4-6,12H2,2H3,(H,13,14,15). The first-order valence-corrected chi connectivity index (χ1v) is 5.32. The van der Waals surface area contributed by atoms with Crippen molar-refractivity contribution < 1.29 is 4.74 Å². The minimum absolute atomic E-state index is 0.448. The van der Waals surface area contributed by atoms with Crippen molar-refractivity contribution in [2.75, 3.05) is 24.7 Å². The predicted octanol–water partition coefficient (Wildman–Crippen LogP) is 1.54. The van der Waals surface area contributed by atoms with E-state index in [1.807, 2.05) is 0 Å². The molecule has 0 spiro atoms. The molecule has 0 unspecified atom stereocenters. The van der Waals surface area contributed by atoms with Crippen LogP contribution in [0.3, 0.4) is 0 Å². The molecule has 0 atom stereocenters. The molecule has 1 aliphatic carbocycles. The lowest BCUT2D eigenvalue weighted by Gasteiger charge is -2.11. The Hall–Kier alpha value is -1.78. The summed E-state index contributed by atoms with van der Waals surface area (Å²) in [5.41, 5.74) is 6.33. The second kappa shape index (κ2) is 4.38. The molecule has 0 aromatic carbocycles. The van der Waals surface area contributed by atoms with Gasteiger partial charge in [-0.1, -0.05) is 6.08 Å². The molecule has 16 heavy (non-hydrogen) atoms. The Balaban J connectivity index is 2.32. The largest absolute Gasteiger partial charge is 0.479 e. The smallest absolute Gasteiger partial charge is 0.242 e. The number of aromatic nitrogens is 2. The van der Waals surface area contributed by atoms with E-state index in [1.165, 1.54) is 0 Å². The summed E-state index contributed by atoms with van der Waals surface area (Å²) in [5.74, 6) is 2.37. The molecule has 1 aromatic rings. The maximum atomic E-state index is 5.88. The van der Waals surface area contributed by atoms with Gasteiger partial charge in [0.15, 0.2) is 5.82 Å². The van der Waals surface area contributed by atoms with E-state index in [2.05, 4.69) is 21.9 Å². The van der Waals surface area contributed by atoms with Crippen molar-refractivity contribution in [1.82, 2.24) is 9.97 Å². The van der Waals surface area contributed by atoms with E-state index < -0.39 is 0 Å². The zero-order valence-corrected chi connectivity index (χ0v) is 9.36. The fraction of sp³-hybridized carbons (Fsp3) is 0.455. The molecule has 0 bridgehead atoms. The molecule has 5 nitrogen and oxygen atoms in total. The van der Waals surface area contributed by atoms with Crippen molar-refractivity contribution in [2.45, 2.75) is 18.8 Å². The van der Waals surface area contributed by atoms with Gasteiger partial charge in [0.2, 0.25) is 5.88 Å². The normalized spacial score (nSPS) is 14.6. The lowest BCUT2D eigenvalue weighted by Crippen LogP contribution is -2.09. The maximum Gasteiger partial charge on any atom is 0.242 e. The Kier molecular flexibility index (Phi) is 2.94. The van der Waals surface area contributed by atoms with E-state index in [4.69, 9.17) is 10.5 Å². The number of nitrogens with zero attached hydrogens (tertiary/aromatic N) is 2. The van der Waals surface area contributed by atoms with Crippen LogP contribution in [0.1, 0.15) is 24.6 Å². The summed E-state index contributed by atoms with van der Waals surface area (Å²) >= 11 is 0. The number of hydrogen-bond acceptors (Lipinski definition) is 5. The van der Waals surface area contributed by atoms with Crippen LogP contribution in [-0.2, 0) is 0 Å². The van der Waals surface area contributed by atoms with Crippen molar-refractivity contribution in [2.24, 2.45) is 0 Å². The Morgan fingerprint density at radius 2 is 2.31 bits per heavy atom. The minimum Gasteiger partial charge on any atom is -0.479 e. The number of nitrogens with two attached hydrogens (primary N) is 1. The van der Waals surface area contributed by atoms with Gasteiger partial charge in [-0.05, 0) is 12.8 Å². The SMILES string of the molecule is C=CCNc1nc(C2CC2)nc(OC)c1N. The molecule has 1 aliphatic rings. The summed E-state index contributed by atoms with van der Waals surface area (Å²) in [5, 5.41) is 3.09. The molecule has 5 heteroatoms. The summed E-state index contributed by atoms with van der Waals surface area (Å²) in [7, 11) is 1.56. The average Bonchev–Trinajstić information content (AvgIpc) is 3.11. The van der Waals surface area contributed by atoms with E-state index >= 15 is 0 Å². The number of rotatable bonds is 5. The molecule has 0 aliphatic heterocycles. The highest BCUT2D eigenvalue weighted by Crippen LogP contribution is 2.40. The van der Waals surface area contributed by atoms with E-state index in [9.17, 15) is 0 Å². The topological polar surface area (TPSA) is 73.1 Å². The summed E-state index contributed by atoms with van der Waals surface area (Å²) in [6.45, 7) is 4.26. The van der Waals surface area contributed by atoms with Gasteiger partial charge in [0.05, 0.1) is 7.11 Å². The van der Waals surface area contributed by atoms with Crippen molar-refractivity contribution in [3.63, 3.8) is 0 Å². The molecule has 1 heterocycles. The van der Waals surface area contributed by atoms with Gasteiger partial charge in [-0.3, -0.25) is 0 Å². The van der Waals surface area contributed by atoms with E-state index in [1.54, 1.807) is 13.2 Å². The van der Waals surface area contributed by atoms with Gasteiger partial charge in [-0.15, -0.1) is 6.58 Å². The van der Waals surface area contributed by atoms with Gasteiger partial charge in [0, 0.05) is 12.5 Å². The van der Waals surface area contributed by atoms with Gasteiger partial charge >= 0.3 is 0 Å². The summed E-state index contributed by atoms with van der Waals surface area (Å²) < 4.78 is 5.14. The molecule has 86 valence electrons. The molecule has 1 saturated carbocycles. The average molecular weight is 220 g/mol. The van der Waals surface area contributed by atoms with Gasteiger partial charge in [0.25, 0.3) is 0 Å². The third kappa shape index (κ3) is 2.08. The first kappa shape index (κ1) is 10.7. The van der Waals surface area contributed by atoms with Crippen LogP contribution in [0.2, 0.25) is 0 Å². The van der Waals surface area contributed by atoms with Gasteiger partial charge in [-0.2, -0.15) is 4.98 Å². The minimum atomic E-state index is 0.448. The molecule has 0 amide bonds. The summed E-state index contributed by atoms with van der Waals surface area (Å²) in [4.78, 5) is 8.70. The van der Waals surface area contributed by atoms with Crippen molar-refractivity contribution in [3.05, 3.63) is 18.5 Å². The summed E-state index contributed by atoms with van der Waals surface area (Å²) in [6.07, 6.45) is 4.05. The first-order valence-electron chi connectivity index (χ1n) is 5.32. The van der Waals surface area contributed by atoms with E-state index in [-0.39, 0.29) is 0 Å². The van der Waals surface area contributed by atoms with Crippen molar-refractivity contribution in [1.29, 1.82) is 0 Å². The van der Waals surface area contributed by atoms with Crippen LogP contribution in [0, 0.1) is 0 Å². The monoisotopic (exact) mass is 220 g/mol. The Bertz CT molecular complexity index is 401. The van der Waals surface area contributed by atoms with Crippen LogP contribution >= 0.6 is 0 Å². The lowest BCUT2D eigenvalue weighted by atomic mass is 10.3. The van der Waals surface area contributed by atoms with Crippen LogP contribution in [0.5, 0.6) is 5.88 Å². The van der Waals surface area contributed by atoms with Crippen LogP contribution in [0.25, 0.3) is 0 Å². The summed E-state index contributed by atoms with van der Waals surface area (Å²) in [6, 6.07) is 0. The van der Waals surface area contributed by atoms with Gasteiger partial charge in [-0.25, -0.2) is 4.98 Å². The highest BCUT2D eigenvalue weighted by Gasteiger charge is 2.28. The zero-order chi connectivity index (χ0) is 11.5. The Morgan fingerprint density at radius 3 is 2.88 bits per heavy atom. The number of ether oxygens (including phenoxy) is 1. The predicted molar refractivity (Wildman–Crippen MR) is 63.7 cm³/mol. The zero-order valence-electron chi connectivity index (χ0n) is 9.36. The quantitative estimate of drug-likeness (QED) is 0.736. The fourth-order valence-electron chi connectivity index (χ4n) is 1.45. The van der Waals surface area contributed by atoms with Crippen LogP contribution in [-0.4, -0.2) is 23.6 Å². The molecule has 3 N–H and O–H groups in total. The van der Waals surface area contributed by atoms with Crippen LogP contribution < -0.4 is 15.8 Å². The second-order valence-corrected chi connectivity index (χ2v) is 3.80. The molecule has 0 radical (unpaired) electrons. The molecule has 1 fully saturated rings. The highest BCUT2D eigenvalue weighted by molar-refractivity contribution is 5.67. The number of anilines is 2. The molecule has 2 rings (SSSR count). The second-order valence-electron chi connectivity index (χ2n) is 3.80.